The normalized spacial score (nSPS) is 15.6. The Labute approximate surface area is 255 Å². The topological polar surface area (TPSA) is 93.8 Å². The van der Waals surface area contributed by atoms with Crippen LogP contribution in [-0.4, -0.2) is 55.7 Å². The van der Waals surface area contributed by atoms with Crippen LogP contribution in [0.25, 0.3) is 5.57 Å². The summed E-state index contributed by atoms with van der Waals surface area (Å²) in [6.45, 7) is 4.09. The van der Waals surface area contributed by atoms with Crippen molar-refractivity contribution in [1.82, 2.24) is 4.90 Å². The van der Waals surface area contributed by atoms with Gasteiger partial charge in [0.2, 0.25) is 0 Å². The number of benzene rings is 4. The van der Waals surface area contributed by atoms with Gasteiger partial charge in [0.25, 0.3) is 11.8 Å². The summed E-state index contributed by atoms with van der Waals surface area (Å²) in [6.07, 6.45) is 1.69. The van der Waals surface area contributed by atoms with E-state index in [2.05, 4.69) is 44.9 Å². The third-order valence-corrected chi connectivity index (χ3v) is 8.01. The summed E-state index contributed by atoms with van der Waals surface area (Å²) in [6, 6.07) is 26.8. The van der Waals surface area contributed by atoms with Crippen molar-refractivity contribution < 1.29 is 14.4 Å². The van der Waals surface area contributed by atoms with Crippen LogP contribution < -0.4 is 20.9 Å². The lowest BCUT2D eigenvalue weighted by atomic mass is 9.99. The zero-order valence-corrected chi connectivity index (χ0v) is 24.3. The van der Waals surface area contributed by atoms with E-state index in [1.54, 1.807) is 72.9 Å². The minimum atomic E-state index is -0.366. The van der Waals surface area contributed by atoms with Crippen molar-refractivity contribution in [2.75, 3.05) is 54.1 Å². The van der Waals surface area contributed by atoms with Crippen molar-refractivity contribution in [3.8, 4) is 0 Å². The lowest BCUT2D eigenvalue weighted by Gasteiger charge is -2.34. The summed E-state index contributed by atoms with van der Waals surface area (Å²) in [5, 5.41) is 9.24. The minimum absolute atomic E-state index is 0.234. The Morgan fingerprint density at radius 3 is 2.35 bits per heavy atom. The Balaban J connectivity index is 1.14. The maximum Gasteiger partial charge on any atom is 0.257 e. The number of carbonyl (C=O) groups is 3. The molecule has 0 saturated carbocycles. The third-order valence-electron chi connectivity index (χ3n) is 7.68. The number of halogens is 1. The molecule has 1 fully saturated rings. The maximum atomic E-state index is 13.4. The summed E-state index contributed by atoms with van der Waals surface area (Å²) in [5.74, 6) is -0.846. The van der Waals surface area contributed by atoms with Gasteiger partial charge >= 0.3 is 0 Å². The number of hydrogen-bond acceptors (Lipinski definition) is 6. The van der Waals surface area contributed by atoms with E-state index in [1.165, 1.54) is 5.69 Å². The average Bonchev–Trinajstić information content (AvgIpc) is 3.34. The number of nitrogens with one attached hydrogen (secondary N) is 3. The second-order valence-corrected chi connectivity index (χ2v) is 11.0. The van der Waals surface area contributed by atoms with Gasteiger partial charge in [0, 0.05) is 71.8 Å². The first-order valence-corrected chi connectivity index (χ1v) is 14.4. The first kappa shape index (κ1) is 28.2. The SMILES string of the molecule is CN1CCN(c2ccc(NC=C3C(=O)Nc4cc(C(=O)c5cccc(NC(=O)c6ccccc6Cl)c5)ccc43)cc2)CC1. The standard InChI is InChI=1S/C34H30ClN5O3/c1-39-15-17-40(18-16-39)26-12-10-24(11-13-26)36-21-29-27-14-9-23(20-31(27)38-34(29)43)32(41)22-5-4-6-25(19-22)37-33(42)28-7-2-3-8-30(28)35/h2-14,19-21,36H,15-18H2,1H3,(H,37,42)(H,38,43). The highest BCUT2D eigenvalue weighted by Gasteiger charge is 2.25. The molecule has 1 saturated heterocycles. The number of rotatable bonds is 7. The molecule has 2 amide bonds. The van der Waals surface area contributed by atoms with Gasteiger partial charge in [0.15, 0.2) is 5.78 Å². The second kappa shape index (κ2) is 12.1. The molecule has 0 spiro atoms. The van der Waals surface area contributed by atoms with Crippen molar-refractivity contribution >= 4 is 57.5 Å². The van der Waals surface area contributed by atoms with Crippen LogP contribution in [0.3, 0.4) is 0 Å². The van der Waals surface area contributed by atoms with E-state index in [1.807, 2.05) is 12.1 Å². The van der Waals surface area contributed by atoms with E-state index in [0.29, 0.717) is 44.2 Å². The van der Waals surface area contributed by atoms with Gasteiger partial charge in [-0.3, -0.25) is 14.4 Å². The molecule has 0 unspecified atom stereocenters. The van der Waals surface area contributed by atoms with Crippen LogP contribution >= 0.6 is 11.6 Å². The van der Waals surface area contributed by atoms with Gasteiger partial charge in [-0.15, -0.1) is 0 Å². The second-order valence-electron chi connectivity index (χ2n) is 10.6. The van der Waals surface area contributed by atoms with Crippen LogP contribution in [0.2, 0.25) is 5.02 Å². The Morgan fingerprint density at radius 1 is 0.837 bits per heavy atom. The minimum Gasteiger partial charge on any atom is -0.369 e. The Hall–Kier alpha value is -4.92. The Kier molecular flexibility index (Phi) is 7.96. The molecule has 4 aromatic carbocycles. The first-order valence-electron chi connectivity index (χ1n) is 14.0. The molecule has 8 nitrogen and oxygen atoms in total. The van der Waals surface area contributed by atoms with Crippen LogP contribution in [0.15, 0.2) is 97.2 Å². The number of hydrogen-bond donors (Lipinski definition) is 3. The number of ketones is 1. The van der Waals surface area contributed by atoms with Crippen molar-refractivity contribution in [2.24, 2.45) is 0 Å². The number of carbonyl (C=O) groups excluding carboxylic acids is 3. The quantitative estimate of drug-likeness (QED) is 0.181. The van der Waals surface area contributed by atoms with Gasteiger partial charge in [0.1, 0.15) is 0 Å². The smallest absolute Gasteiger partial charge is 0.257 e. The predicted octanol–water partition coefficient (Wildman–Crippen LogP) is 5.98. The molecular weight excluding hydrogens is 562 g/mol. The van der Waals surface area contributed by atoms with Crippen LogP contribution in [0.4, 0.5) is 22.7 Å². The molecule has 2 aliphatic rings. The van der Waals surface area contributed by atoms with E-state index >= 15 is 0 Å². The van der Waals surface area contributed by atoms with Crippen molar-refractivity contribution in [2.45, 2.75) is 0 Å². The number of fused-ring (bicyclic) bond motifs is 1. The molecule has 6 rings (SSSR count). The Bertz CT molecular complexity index is 1740. The van der Waals surface area contributed by atoms with Gasteiger partial charge in [-0.2, -0.15) is 0 Å². The first-order chi connectivity index (χ1) is 20.9. The maximum absolute atomic E-state index is 13.4. The molecule has 0 aromatic heterocycles. The molecule has 216 valence electrons. The molecule has 3 N–H and O–H groups in total. The summed E-state index contributed by atoms with van der Waals surface area (Å²) in [7, 11) is 2.14. The zero-order valence-electron chi connectivity index (χ0n) is 23.6. The Morgan fingerprint density at radius 2 is 1.58 bits per heavy atom. The molecule has 4 aromatic rings. The van der Waals surface area contributed by atoms with Gasteiger partial charge in [-0.05, 0) is 61.6 Å². The lowest BCUT2D eigenvalue weighted by molar-refractivity contribution is -0.110. The number of amides is 2. The predicted molar refractivity (Wildman–Crippen MR) is 172 cm³/mol. The number of anilines is 4. The molecule has 0 bridgehead atoms. The summed E-state index contributed by atoms with van der Waals surface area (Å²) in [5.41, 5.74) is 5.46. The average molecular weight is 592 g/mol. The van der Waals surface area contributed by atoms with E-state index in [0.717, 1.165) is 31.9 Å². The van der Waals surface area contributed by atoms with Gasteiger partial charge in [-0.1, -0.05) is 48.0 Å². The van der Waals surface area contributed by atoms with Crippen molar-refractivity contribution in [1.29, 1.82) is 0 Å². The summed E-state index contributed by atoms with van der Waals surface area (Å²) < 4.78 is 0. The third kappa shape index (κ3) is 6.16. The fourth-order valence-electron chi connectivity index (χ4n) is 5.22. The lowest BCUT2D eigenvalue weighted by Crippen LogP contribution is -2.44. The summed E-state index contributed by atoms with van der Waals surface area (Å²) in [4.78, 5) is 43.5. The molecule has 0 radical (unpaired) electrons. The molecule has 0 aliphatic carbocycles. The fourth-order valence-corrected chi connectivity index (χ4v) is 5.44. The van der Waals surface area contributed by atoms with E-state index in [-0.39, 0.29) is 17.6 Å². The highest BCUT2D eigenvalue weighted by Crippen LogP contribution is 2.33. The highest BCUT2D eigenvalue weighted by atomic mass is 35.5. The van der Waals surface area contributed by atoms with Gasteiger partial charge < -0.3 is 25.8 Å². The summed E-state index contributed by atoms with van der Waals surface area (Å²) >= 11 is 6.15. The molecule has 2 aliphatic heterocycles. The monoisotopic (exact) mass is 591 g/mol. The fraction of sp³-hybridized carbons (Fsp3) is 0.147. The molecule has 9 heteroatoms. The van der Waals surface area contributed by atoms with E-state index in [4.69, 9.17) is 11.6 Å². The van der Waals surface area contributed by atoms with Crippen LogP contribution in [-0.2, 0) is 4.79 Å². The number of likely N-dealkylation sites (N-methyl/N-ethyl adjacent to an activating group) is 1. The molecule has 0 atom stereocenters. The van der Waals surface area contributed by atoms with Crippen LogP contribution in [0.1, 0.15) is 31.8 Å². The van der Waals surface area contributed by atoms with Crippen molar-refractivity contribution in [3.63, 3.8) is 0 Å². The molecular formula is C34H30ClN5O3. The highest BCUT2D eigenvalue weighted by molar-refractivity contribution is 6.34. The number of piperazine rings is 1. The van der Waals surface area contributed by atoms with Crippen LogP contribution in [0.5, 0.6) is 0 Å². The van der Waals surface area contributed by atoms with Gasteiger partial charge in [0.05, 0.1) is 16.2 Å². The van der Waals surface area contributed by atoms with Crippen molar-refractivity contribution in [3.05, 3.63) is 124 Å². The largest absolute Gasteiger partial charge is 0.369 e. The zero-order chi connectivity index (χ0) is 29.9. The van der Waals surface area contributed by atoms with Gasteiger partial charge in [-0.25, -0.2) is 0 Å². The van der Waals surface area contributed by atoms with E-state index < -0.39 is 0 Å². The van der Waals surface area contributed by atoms with E-state index in [9.17, 15) is 14.4 Å². The number of nitrogens with zero attached hydrogens (tertiary/aromatic N) is 2. The molecule has 43 heavy (non-hydrogen) atoms. The van der Waals surface area contributed by atoms with Crippen LogP contribution in [0, 0.1) is 0 Å². The molecule has 2 heterocycles.